The van der Waals surface area contributed by atoms with E-state index in [0.717, 1.165) is 12.0 Å². The molecule has 1 N–H and O–H groups in total. The van der Waals surface area contributed by atoms with Crippen LogP contribution in [0.4, 0.5) is 17.6 Å². The van der Waals surface area contributed by atoms with Crippen LogP contribution >= 0.6 is 0 Å². The molecule has 1 aromatic rings. The molecule has 1 fully saturated rings. The Labute approximate surface area is 121 Å². The lowest BCUT2D eigenvalue weighted by Gasteiger charge is -2.42. The Morgan fingerprint density at radius 2 is 1.71 bits per heavy atom. The fourth-order valence-corrected chi connectivity index (χ4v) is 2.88. The van der Waals surface area contributed by atoms with Crippen LogP contribution in [0.3, 0.4) is 0 Å². The standard InChI is InChI=1S/C15H19F4NO/c1-2-13(11-3-5-12(16)6-4-11)20-9-7-14(21,8-10-20)15(17,18)19/h3-6,13,21H,2,7-10H2,1H3. The van der Waals surface area contributed by atoms with E-state index < -0.39 is 11.8 Å². The van der Waals surface area contributed by atoms with E-state index in [1.807, 2.05) is 11.8 Å². The summed E-state index contributed by atoms with van der Waals surface area (Å²) in [5.74, 6) is -0.335. The summed E-state index contributed by atoms with van der Waals surface area (Å²) in [4.78, 5) is 1.92. The van der Waals surface area contributed by atoms with Gasteiger partial charge in [0.25, 0.3) is 0 Å². The Morgan fingerprint density at radius 3 is 2.14 bits per heavy atom. The van der Waals surface area contributed by atoms with Crippen LogP contribution in [0.5, 0.6) is 0 Å². The minimum Gasteiger partial charge on any atom is -0.380 e. The smallest absolute Gasteiger partial charge is 0.380 e. The highest BCUT2D eigenvalue weighted by atomic mass is 19.4. The maximum absolute atomic E-state index is 13.0. The summed E-state index contributed by atoms with van der Waals surface area (Å²) in [5.41, 5.74) is -1.69. The average Bonchev–Trinajstić information content (AvgIpc) is 2.42. The van der Waals surface area contributed by atoms with Crippen molar-refractivity contribution in [1.82, 2.24) is 4.90 Å². The third-order valence-corrected chi connectivity index (χ3v) is 4.24. The number of hydrogen-bond acceptors (Lipinski definition) is 2. The molecule has 1 saturated heterocycles. The Hall–Kier alpha value is -1.14. The first-order chi connectivity index (χ1) is 9.77. The maximum atomic E-state index is 13.0. The number of hydrogen-bond donors (Lipinski definition) is 1. The number of nitrogens with zero attached hydrogens (tertiary/aromatic N) is 1. The Kier molecular flexibility index (Phi) is 4.58. The molecule has 1 unspecified atom stereocenters. The summed E-state index contributed by atoms with van der Waals surface area (Å²) in [6, 6.07) is 5.98. The van der Waals surface area contributed by atoms with Crippen molar-refractivity contribution in [3.63, 3.8) is 0 Å². The van der Waals surface area contributed by atoms with Gasteiger partial charge in [-0.1, -0.05) is 19.1 Å². The van der Waals surface area contributed by atoms with Crippen LogP contribution in [-0.4, -0.2) is 34.9 Å². The van der Waals surface area contributed by atoms with Crippen LogP contribution in [0.25, 0.3) is 0 Å². The molecular weight excluding hydrogens is 286 g/mol. The van der Waals surface area contributed by atoms with Gasteiger partial charge in [0.1, 0.15) is 5.82 Å². The van der Waals surface area contributed by atoms with E-state index in [-0.39, 0.29) is 37.8 Å². The molecule has 1 aliphatic heterocycles. The van der Waals surface area contributed by atoms with E-state index in [2.05, 4.69) is 0 Å². The van der Waals surface area contributed by atoms with Gasteiger partial charge in [-0.15, -0.1) is 0 Å². The summed E-state index contributed by atoms with van der Waals surface area (Å²) in [5, 5.41) is 9.69. The van der Waals surface area contributed by atoms with Gasteiger partial charge in [0.05, 0.1) is 0 Å². The van der Waals surface area contributed by atoms with E-state index in [4.69, 9.17) is 0 Å². The van der Waals surface area contributed by atoms with Crippen LogP contribution in [-0.2, 0) is 0 Å². The van der Waals surface area contributed by atoms with Crippen molar-refractivity contribution in [1.29, 1.82) is 0 Å². The van der Waals surface area contributed by atoms with E-state index >= 15 is 0 Å². The van der Waals surface area contributed by atoms with E-state index in [0.29, 0.717) is 0 Å². The molecule has 1 heterocycles. The van der Waals surface area contributed by atoms with Gasteiger partial charge in [-0.05, 0) is 37.0 Å². The lowest BCUT2D eigenvalue weighted by molar-refractivity contribution is -0.273. The van der Waals surface area contributed by atoms with Crippen LogP contribution in [0.1, 0.15) is 37.8 Å². The fraction of sp³-hybridized carbons (Fsp3) is 0.600. The maximum Gasteiger partial charge on any atom is 0.417 e. The van der Waals surface area contributed by atoms with Crippen LogP contribution in [0.2, 0.25) is 0 Å². The molecule has 0 aromatic heterocycles. The molecule has 6 heteroatoms. The van der Waals surface area contributed by atoms with Crippen molar-refractivity contribution in [3.05, 3.63) is 35.6 Å². The van der Waals surface area contributed by atoms with Crippen LogP contribution in [0.15, 0.2) is 24.3 Å². The summed E-state index contributed by atoms with van der Waals surface area (Å²) in [7, 11) is 0. The topological polar surface area (TPSA) is 23.5 Å². The molecular formula is C15H19F4NO. The van der Waals surface area contributed by atoms with Crippen molar-refractivity contribution in [3.8, 4) is 0 Å². The quantitative estimate of drug-likeness (QED) is 0.861. The van der Waals surface area contributed by atoms with Crippen LogP contribution < -0.4 is 0 Å². The second kappa shape index (κ2) is 5.93. The van der Waals surface area contributed by atoms with Gasteiger partial charge in [0.2, 0.25) is 0 Å². The molecule has 1 atom stereocenters. The summed E-state index contributed by atoms with van der Waals surface area (Å²) in [6.45, 7) is 2.29. The van der Waals surface area contributed by atoms with Crippen molar-refractivity contribution in [2.75, 3.05) is 13.1 Å². The second-order valence-corrected chi connectivity index (χ2v) is 5.54. The van der Waals surface area contributed by atoms with Gasteiger partial charge in [-0.25, -0.2) is 4.39 Å². The molecule has 1 aliphatic rings. The average molecular weight is 305 g/mol. The van der Waals surface area contributed by atoms with E-state index in [1.54, 1.807) is 12.1 Å². The zero-order valence-electron chi connectivity index (χ0n) is 11.8. The molecule has 21 heavy (non-hydrogen) atoms. The molecule has 0 amide bonds. The number of alkyl halides is 3. The second-order valence-electron chi connectivity index (χ2n) is 5.54. The van der Waals surface area contributed by atoms with Crippen molar-refractivity contribution in [2.45, 2.75) is 44.0 Å². The minimum absolute atomic E-state index is 0.0524. The number of piperidine rings is 1. The van der Waals surface area contributed by atoms with E-state index in [1.165, 1.54) is 12.1 Å². The lowest BCUT2D eigenvalue weighted by atomic mass is 9.89. The molecule has 2 nitrogen and oxygen atoms in total. The van der Waals surface area contributed by atoms with Gasteiger partial charge in [0.15, 0.2) is 5.60 Å². The van der Waals surface area contributed by atoms with Gasteiger partial charge in [-0.3, -0.25) is 4.90 Å². The highest BCUT2D eigenvalue weighted by Gasteiger charge is 2.54. The number of benzene rings is 1. The van der Waals surface area contributed by atoms with Gasteiger partial charge >= 0.3 is 6.18 Å². The van der Waals surface area contributed by atoms with E-state index in [9.17, 15) is 22.7 Å². The molecule has 118 valence electrons. The summed E-state index contributed by atoms with van der Waals surface area (Å²) < 4.78 is 51.3. The first-order valence-corrected chi connectivity index (χ1v) is 7.05. The summed E-state index contributed by atoms with van der Waals surface area (Å²) in [6.07, 6.45) is -4.52. The Morgan fingerprint density at radius 1 is 1.19 bits per heavy atom. The molecule has 0 bridgehead atoms. The predicted octanol–water partition coefficient (Wildman–Crippen LogP) is 3.67. The van der Waals surface area contributed by atoms with Gasteiger partial charge in [0, 0.05) is 19.1 Å². The third-order valence-electron chi connectivity index (χ3n) is 4.24. The number of likely N-dealkylation sites (tertiary alicyclic amines) is 1. The van der Waals surface area contributed by atoms with Crippen molar-refractivity contribution < 1.29 is 22.7 Å². The zero-order valence-corrected chi connectivity index (χ0v) is 11.8. The molecule has 0 spiro atoms. The van der Waals surface area contributed by atoms with Crippen molar-refractivity contribution in [2.24, 2.45) is 0 Å². The first kappa shape index (κ1) is 16.2. The molecule has 0 saturated carbocycles. The van der Waals surface area contributed by atoms with Gasteiger partial charge in [-0.2, -0.15) is 13.2 Å². The fourth-order valence-electron chi connectivity index (χ4n) is 2.88. The molecule has 0 radical (unpaired) electrons. The highest BCUT2D eigenvalue weighted by Crippen LogP contribution is 2.40. The van der Waals surface area contributed by atoms with Gasteiger partial charge < -0.3 is 5.11 Å². The summed E-state index contributed by atoms with van der Waals surface area (Å²) >= 11 is 0. The Bertz CT molecular complexity index is 464. The first-order valence-electron chi connectivity index (χ1n) is 7.05. The predicted molar refractivity (Wildman–Crippen MR) is 71.2 cm³/mol. The Balaban J connectivity index is 2.08. The number of rotatable bonds is 3. The normalized spacial score (nSPS) is 21.2. The lowest BCUT2D eigenvalue weighted by Crippen LogP contribution is -2.53. The van der Waals surface area contributed by atoms with Crippen molar-refractivity contribution >= 4 is 0 Å². The molecule has 0 aliphatic carbocycles. The minimum atomic E-state index is -4.59. The SMILES string of the molecule is CCC(c1ccc(F)cc1)N1CCC(O)(C(F)(F)F)CC1. The number of aliphatic hydroxyl groups is 1. The largest absolute Gasteiger partial charge is 0.417 e. The monoisotopic (exact) mass is 305 g/mol. The highest BCUT2D eigenvalue weighted by molar-refractivity contribution is 5.20. The third kappa shape index (κ3) is 3.37. The number of halogens is 4. The molecule has 1 aromatic carbocycles. The molecule has 2 rings (SSSR count). The van der Waals surface area contributed by atoms with Crippen LogP contribution in [0, 0.1) is 5.82 Å². The zero-order chi connectivity index (χ0) is 15.7.